The van der Waals surface area contributed by atoms with Crippen LogP contribution in [0.4, 0.5) is 0 Å². The van der Waals surface area contributed by atoms with Crippen LogP contribution < -0.4 is 14.2 Å². The predicted octanol–water partition coefficient (Wildman–Crippen LogP) is 2.52. The van der Waals surface area contributed by atoms with E-state index in [1.165, 1.54) is 0 Å². The van der Waals surface area contributed by atoms with Gasteiger partial charge in [-0.25, -0.2) is 0 Å². The molecule has 0 N–H and O–H groups in total. The molecule has 88 valence electrons. The molecule has 0 spiro atoms. The number of nitrogens with zero attached hydrogens (tertiary/aromatic N) is 1. The number of methoxy groups -OCH3 is 3. The number of alkyl halides is 1. The molecule has 5 heteroatoms. The Hall–Kier alpha value is -0.980. The lowest BCUT2D eigenvalue weighted by atomic mass is 10.2. The molecule has 0 aromatic heterocycles. The zero-order chi connectivity index (χ0) is 12.0. The van der Waals surface area contributed by atoms with E-state index in [4.69, 9.17) is 14.2 Å². The number of hydrogen-bond acceptors (Lipinski definition) is 4. The van der Waals surface area contributed by atoms with Crippen molar-refractivity contribution in [3.8, 4) is 17.2 Å². The molecule has 16 heavy (non-hydrogen) atoms. The van der Waals surface area contributed by atoms with E-state index >= 15 is 0 Å². The summed E-state index contributed by atoms with van der Waals surface area (Å²) in [6.07, 6.45) is 1.74. The van der Waals surface area contributed by atoms with Crippen LogP contribution in [0.5, 0.6) is 17.2 Å². The van der Waals surface area contributed by atoms with Crippen LogP contribution >= 0.6 is 22.6 Å². The highest BCUT2D eigenvalue weighted by molar-refractivity contribution is 14.1. The van der Waals surface area contributed by atoms with Crippen LogP contribution in [0.3, 0.4) is 0 Å². The summed E-state index contributed by atoms with van der Waals surface area (Å²) in [4.78, 5) is 4.18. The van der Waals surface area contributed by atoms with Crippen LogP contribution in [0.1, 0.15) is 5.56 Å². The van der Waals surface area contributed by atoms with E-state index in [1.807, 2.05) is 0 Å². The Balaban J connectivity index is 3.25. The maximum atomic E-state index is 5.27. The zero-order valence-corrected chi connectivity index (χ0v) is 11.6. The van der Waals surface area contributed by atoms with Gasteiger partial charge in [-0.1, -0.05) is 22.6 Å². The fraction of sp³-hybridized carbons (Fsp3) is 0.364. The Kier molecular flexibility index (Phi) is 5.37. The molecular weight excluding hydrogens is 321 g/mol. The predicted molar refractivity (Wildman–Crippen MR) is 72.6 cm³/mol. The van der Waals surface area contributed by atoms with Gasteiger partial charge in [0.05, 0.1) is 31.4 Å². The van der Waals surface area contributed by atoms with E-state index in [-0.39, 0.29) is 0 Å². The Morgan fingerprint density at radius 3 is 2.06 bits per heavy atom. The fourth-order valence-corrected chi connectivity index (χ4v) is 1.48. The van der Waals surface area contributed by atoms with Gasteiger partial charge >= 0.3 is 0 Å². The van der Waals surface area contributed by atoms with Crippen LogP contribution in [0.25, 0.3) is 0 Å². The molecule has 1 aromatic rings. The summed E-state index contributed by atoms with van der Waals surface area (Å²) >= 11 is 2.17. The van der Waals surface area contributed by atoms with Crippen LogP contribution in [0, 0.1) is 0 Å². The highest BCUT2D eigenvalue weighted by atomic mass is 127. The van der Waals surface area contributed by atoms with E-state index in [0.29, 0.717) is 21.8 Å². The van der Waals surface area contributed by atoms with Crippen LogP contribution in [-0.2, 0) is 0 Å². The first-order valence-corrected chi connectivity index (χ1v) is 6.15. The number of benzene rings is 1. The van der Waals surface area contributed by atoms with Gasteiger partial charge in [0, 0.05) is 18.3 Å². The number of rotatable bonds is 5. The van der Waals surface area contributed by atoms with Crippen molar-refractivity contribution in [2.75, 3.05) is 25.9 Å². The van der Waals surface area contributed by atoms with Gasteiger partial charge in [0.1, 0.15) is 17.2 Å². The van der Waals surface area contributed by atoms with E-state index in [9.17, 15) is 0 Å². The summed E-state index contributed by atoms with van der Waals surface area (Å²) in [5, 5.41) is 0. The summed E-state index contributed by atoms with van der Waals surface area (Å²) in [5.74, 6) is 2.06. The molecule has 0 bridgehead atoms. The molecular formula is C11H14INO3. The molecule has 0 aliphatic rings. The molecule has 0 fully saturated rings. The Labute approximate surface area is 109 Å². The minimum Gasteiger partial charge on any atom is -0.496 e. The normalized spacial score (nSPS) is 10.5. The SMILES string of the molecule is COc1cc(OC)c(/C=N/CI)c(OC)c1. The lowest BCUT2D eigenvalue weighted by Gasteiger charge is -2.11. The summed E-state index contributed by atoms with van der Waals surface area (Å²) in [6.45, 7) is 0. The second kappa shape index (κ2) is 6.57. The Bertz CT molecular complexity index is 354. The lowest BCUT2D eigenvalue weighted by molar-refractivity contribution is 0.374. The highest BCUT2D eigenvalue weighted by Crippen LogP contribution is 2.32. The first kappa shape index (κ1) is 13.1. The smallest absolute Gasteiger partial charge is 0.135 e. The van der Waals surface area contributed by atoms with Crippen LogP contribution in [0.15, 0.2) is 17.1 Å². The number of aliphatic imine (C=N–C) groups is 1. The summed E-state index contributed by atoms with van der Waals surface area (Å²) in [7, 11) is 4.82. The van der Waals surface area contributed by atoms with Gasteiger partial charge in [0.15, 0.2) is 0 Å². The van der Waals surface area contributed by atoms with Gasteiger partial charge in [-0.2, -0.15) is 0 Å². The Morgan fingerprint density at radius 2 is 1.69 bits per heavy atom. The van der Waals surface area contributed by atoms with Crippen LogP contribution in [-0.4, -0.2) is 32.1 Å². The van der Waals surface area contributed by atoms with Crippen molar-refractivity contribution < 1.29 is 14.2 Å². The second-order valence-electron chi connectivity index (χ2n) is 2.88. The van der Waals surface area contributed by atoms with Crippen molar-refractivity contribution in [3.05, 3.63) is 17.7 Å². The highest BCUT2D eigenvalue weighted by Gasteiger charge is 2.10. The van der Waals surface area contributed by atoms with E-state index in [0.717, 1.165) is 5.56 Å². The first-order chi connectivity index (χ1) is 7.76. The van der Waals surface area contributed by atoms with E-state index in [2.05, 4.69) is 27.6 Å². The van der Waals surface area contributed by atoms with Gasteiger partial charge < -0.3 is 14.2 Å². The minimum atomic E-state index is 0.685. The van der Waals surface area contributed by atoms with E-state index < -0.39 is 0 Å². The molecule has 0 aliphatic heterocycles. The zero-order valence-electron chi connectivity index (χ0n) is 9.49. The molecule has 4 nitrogen and oxygen atoms in total. The van der Waals surface area contributed by atoms with Gasteiger partial charge in [-0.3, -0.25) is 4.99 Å². The number of hydrogen-bond donors (Lipinski definition) is 0. The van der Waals surface area contributed by atoms with Gasteiger partial charge in [0.25, 0.3) is 0 Å². The van der Waals surface area contributed by atoms with Crippen molar-refractivity contribution in [3.63, 3.8) is 0 Å². The van der Waals surface area contributed by atoms with Gasteiger partial charge in [-0.15, -0.1) is 0 Å². The summed E-state index contributed by atoms with van der Waals surface area (Å²) < 4.78 is 16.4. The maximum absolute atomic E-state index is 5.27. The molecule has 0 aliphatic carbocycles. The number of ether oxygens (including phenoxy) is 3. The minimum absolute atomic E-state index is 0.685. The molecule has 0 atom stereocenters. The lowest BCUT2D eigenvalue weighted by Crippen LogP contribution is -1.97. The van der Waals surface area contributed by atoms with Crippen molar-refractivity contribution in [2.45, 2.75) is 0 Å². The third-order valence-electron chi connectivity index (χ3n) is 2.04. The molecule has 1 rings (SSSR count). The summed E-state index contributed by atoms with van der Waals surface area (Å²) in [6, 6.07) is 3.61. The molecule has 0 amide bonds. The van der Waals surface area contributed by atoms with E-state index in [1.54, 1.807) is 39.7 Å². The Morgan fingerprint density at radius 1 is 1.12 bits per heavy atom. The monoisotopic (exact) mass is 335 g/mol. The first-order valence-electron chi connectivity index (χ1n) is 4.62. The molecule has 0 unspecified atom stereocenters. The van der Waals surface area contributed by atoms with Crippen molar-refractivity contribution in [1.29, 1.82) is 0 Å². The van der Waals surface area contributed by atoms with Crippen molar-refractivity contribution >= 4 is 28.8 Å². The average Bonchev–Trinajstić information content (AvgIpc) is 2.35. The molecule has 0 radical (unpaired) electrons. The standard InChI is InChI=1S/C11H14INO3/c1-14-8-4-10(15-2)9(6-13-7-12)11(5-8)16-3/h4-6H,7H2,1-3H3/b13-6+. The van der Waals surface area contributed by atoms with Crippen molar-refractivity contribution in [2.24, 2.45) is 4.99 Å². The van der Waals surface area contributed by atoms with Gasteiger partial charge in [-0.05, 0) is 0 Å². The summed E-state index contributed by atoms with van der Waals surface area (Å²) in [5.41, 5.74) is 0.822. The van der Waals surface area contributed by atoms with Crippen LogP contribution in [0.2, 0.25) is 0 Å². The topological polar surface area (TPSA) is 40.0 Å². The molecule has 1 aromatic carbocycles. The maximum Gasteiger partial charge on any atom is 0.135 e. The third kappa shape index (κ3) is 3.01. The fourth-order valence-electron chi connectivity index (χ4n) is 1.29. The average molecular weight is 335 g/mol. The number of halogens is 1. The largest absolute Gasteiger partial charge is 0.496 e. The molecule has 0 saturated carbocycles. The van der Waals surface area contributed by atoms with Crippen molar-refractivity contribution in [1.82, 2.24) is 0 Å². The van der Waals surface area contributed by atoms with Gasteiger partial charge in [0.2, 0.25) is 0 Å². The molecule has 0 saturated heterocycles. The molecule has 0 heterocycles. The third-order valence-corrected chi connectivity index (χ3v) is 2.44. The second-order valence-corrected chi connectivity index (χ2v) is 3.56. The quantitative estimate of drug-likeness (QED) is 0.359.